The van der Waals surface area contributed by atoms with Crippen molar-refractivity contribution in [2.45, 2.75) is 32.2 Å². The quantitative estimate of drug-likeness (QED) is 0.297. The summed E-state index contributed by atoms with van der Waals surface area (Å²) in [5, 5.41) is 7.95. The van der Waals surface area contributed by atoms with E-state index < -0.39 is 0 Å². The maximum absolute atomic E-state index is 13.7. The van der Waals surface area contributed by atoms with Gasteiger partial charge in [0.25, 0.3) is 5.56 Å². The average molecular weight is 566 g/mol. The maximum Gasteiger partial charge on any atom is 0.254 e. The predicted octanol–water partition coefficient (Wildman–Crippen LogP) is 5.77. The van der Waals surface area contributed by atoms with Crippen molar-refractivity contribution < 1.29 is 4.79 Å². The number of hydrogen-bond donors (Lipinski definition) is 1. The molecule has 6 rings (SSSR count). The number of anilines is 1. The molecular weight excluding hydrogens is 538 g/mol. The summed E-state index contributed by atoms with van der Waals surface area (Å²) in [5.74, 6) is -0.263. The predicted molar refractivity (Wildman–Crippen MR) is 158 cm³/mol. The fraction of sp³-hybridized carbons (Fsp3) is 0.226. The highest BCUT2D eigenvalue weighted by atomic mass is 35.5. The number of nitrogens with zero attached hydrogens (tertiary/aromatic N) is 6. The van der Waals surface area contributed by atoms with Crippen molar-refractivity contribution in [2.75, 3.05) is 5.32 Å². The van der Waals surface area contributed by atoms with Crippen molar-refractivity contribution >= 4 is 23.2 Å². The second-order valence-corrected chi connectivity index (χ2v) is 10.7. The molecule has 206 valence electrons. The Kier molecular flexibility index (Phi) is 7.19. The summed E-state index contributed by atoms with van der Waals surface area (Å²) in [7, 11) is 1.83. The fourth-order valence-corrected chi connectivity index (χ4v) is 5.56. The second kappa shape index (κ2) is 11.1. The van der Waals surface area contributed by atoms with Gasteiger partial charge < -0.3 is 5.32 Å². The van der Waals surface area contributed by atoms with Crippen LogP contribution in [0, 0.1) is 5.92 Å². The lowest BCUT2D eigenvalue weighted by Crippen LogP contribution is -2.27. The van der Waals surface area contributed by atoms with E-state index in [0.29, 0.717) is 29.2 Å². The molecule has 0 saturated carbocycles. The molecule has 0 aliphatic carbocycles. The lowest BCUT2D eigenvalue weighted by atomic mass is 9.96. The van der Waals surface area contributed by atoms with E-state index in [1.54, 1.807) is 46.4 Å². The minimum absolute atomic E-state index is 0.0552. The molecule has 0 fully saturated rings. The molecule has 4 aromatic heterocycles. The Hall–Kier alpha value is -4.63. The molecule has 2 atom stereocenters. The number of benzene rings is 1. The van der Waals surface area contributed by atoms with E-state index in [1.165, 1.54) is 0 Å². The Labute approximate surface area is 241 Å². The highest BCUT2D eigenvalue weighted by Crippen LogP contribution is 2.34. The molecule has 10 heteroatoms. The molecule has 1 amide bonds. The first-order valence-electron chi connectivity index (χ1n) is 13.5. The van der Waals surface area contributed by atoms with Crippen LogP contribution in [0.2, 0.25) is 5.02 Å². The summed E-state index contributed by atoms with van der Waals surface area (Å²) in [6, 6.07) is 14.4. The normalized spacial score (nSPS) is 17.2. The smallest absolute Gasteiger partial charge is 0.254 e. The summed E-state index contributed by atoms with van der Waals surface area (Å²) in [5.41, 5.74) is 5.95. The van der Waals surface area contributed by atoms with Crippen molar-refractivity contribution in [2.24, 2.45) is 13.0 Å². The lowest BCUT2D eigenvalue weighted by Gasteiger charge is -2.22. The first-order valence-corrected chi connectivity index (χ1v) is 13.8. The van der Waals surface area contributed by atoms with Crippen molar-refractivity contribution in [3.63, 3.8) is 0 Å². The number of nitrogens with one attached hydrogen (secondary N) is 1. The lowest BCUT2D eigenvalue weighted by molar-refractivity contribution is -0.119. The van der Waals surface area contributed by atoms with Crippen LogP contribution in [0.3, 0.4) is 0 Å². The van der Waals surface area contributed by atoms with E-state index in [-0.39, 0.29) is 23.4 Å². The standard InChI is InChI=1S/C31H28ClN7O2/c1-19-4-3-5-28(26-14-21(10-13-34-26)30-27(37-31(19)41)17-36-38(30)2)39-18-35-25(16-29(39)40)24-15-22(32)6-7-23(24)20-8-11-33-12-9-20/h6-19,28H,3-5H2,1-2H3,(H,37,41)/t19-,28+/m1/s1. The SMILES string of the molecule is C[C@@H]1CCC[C@H](n2cnc(-c3cc(Cl)ccc3-c3ccncc3)cc2=O)c2cc(ccn2)-c2c(cnn2C)NC1=O. The van der Waals surface area contributed by atoms with E-state index in [9.17, 15) is 9.59 Å². The number of fused-ring (bicyclic) bond motifs is 4. The zero-order valence-electron chi connectivity index (χ0n) is 22.7. The number of aromatic nitrogens is 6. The van der Waals surface area contributed by atoms with E-state index in [4.69, 9.17) is 16.6 Å². The third-order valence-electron chi connectivity index (χ3n) is 7.58. The number of carbonyl (C=O) groups excluding carboxylic acids is 1. The van der Waals surface area contributed by atoms with Crippen LogP contribution in [0.1, 0.15) is 37.9 Å². The Bertz CT molecular complexity index is 1800. The van der Waals surface area contributed by atoms with E-state index in [1.807, 2.05) is 56.4 Å². The summed E-state index contributed by atoms with van der Waals surface area (Å²) >= 11 is 6.37. The van der Waals surface area contributed by atoms with Gasteiger partial charge in [0.1, 0.15) is 0 Å². The molecule has 0 unspecified atom stereocenters. The first-order chi connectivity index (χ1) is 19.9. The number of halogens is 1. The maximum atomic E-state index is 13.7. The highest BCUT2D eigenvalue weighted by molar-refractivity contribution is 6.31. The molecule has 1 N–H and O–H groups in total. The topological polar surface area (TPSA) is 108 Å². The molecule has 1 aliphatic rings. The van der Waals surface area contributed by atoms with Crippen molar-refractivity contribution in [1.82, 2.24) is 29.3 Å². The third-order valence-corrected chi connectivity index (χ3v) is 7.81. The van der Waals surface area contributed by atoms with Gasteiger partial charge in [-0.15, -0.1) is 0 Å². The monoisotopic (exact) mass is 565 g/mol. The number of amides is 1. The van der Waals surface area contributed by atoms with Gasteiger partial charge in [0, 0.05) is 53.8 Å². The molecule has 9 nitrogen and oxygen atoms in total. The van der Waals surface area contributed by atoms with Crippen molar-refractivity contribution in [3.05, 3.63) is 101 Å². The molecule has 5 heterocycles. The molecule has 1 aliphatic heterocycles. The van der Waals surface area contributed by atoms with Crippen LogP contribution in [-0.2, 0) is 11.8 Å². The largest absolute Gasteiger partial charge is 0.323 e. The Morgan fingerprint density at radius 1 is 0.927 bits per heavy atom. The summed E-state index contributed by atoms with van der Waals surface area (Å²) in [6.45, 7) is 1.91. The minimum atomic E-state index is -0.366. The minimum Gasteiger partial charge on any atom is -0.323 e. The van der Waals surface area contributed by atoms with E-state index >= 15 is 0 Å². The van der Waals surface area contributed by atoms with Gasteiger partial charge in [0.15, 0.2) is 0 Å². The third kappa shape index (κ3) is 5.28. The second-order valence-electron chi connectivity index (χ2n) is 10.3. The summed E-state index contributed by atoms with van der Waals surface area (Å²) in [6.07, 6.45) is 10.4. The molecule has 2 bridgehead atoms. The number of hydrogen-bond acceptors (Lipinski definition) is 6. The summed E-state index contributed by atoms with van der Waals surface area (Å²) in [4.78, 5) is 40.2. The Balaban J connectivity index is 1.44. The van der Waals surface area contributed by atoms with Gasteiger partial charge in [-0.25, -0.2) is 4.98 Å². The zero-order chi connectivity index (χ0) is 28.5. The van der Waals surface area contributed by atoms with Crippen molar-refractivity contribution in [1.29, 1.82) is 0 Å². The van der Waals surface area contributed by atoms with Gasteiger partial charge in [-0.3, -0.25) is 28.8 Å². The molecule has 0 spiro atoms. The average Bonchev–Trinajstić information content (AvgIpc) is 3.34. The fourth-order valence-electron chi connectivity index (χ4n) is 5.39. The van der Waals surface area contributed by atoms with Gasteiger partial charge in [-0.1, -0.05) is 31.0 Å². The van der Waals surface area contributed by atoms with Crippen LogP contribution < -0.4 is 10.9 Å². The number of carbonyl (C=O) groups is 1. The highest BCUT2D eigenvalue weighted by Gasteiger charge is 2.24. The van der Waals surface area contributed by atoms with E-state index in [0.717, 1.165) is 40.1 Å². The van der Waals surface area contributed by atoms with Crippen molar-refractivity contribution in [3.8, 4) is 33.6 Å². The van der Waals surface area contributed by atoms with Crippen LogP contribution in [0.4, 0.5) is 5.69 Å². The molecule has 41 heavy (non-hydrogen) atoms. The van der Waals surface area contributed by atoms with E-state index in [2.05, 4.69) is 20.4 Å². The molecule has 0 saturated heterocycles. The van der Waals surface area contributed by atoms with Gasteiger partial charge >= 0.3 is 0 Å². The summed E-state index contributed by atoms with van der Waals surface area (Å²) < 4.78 is 3.36. The number of aryl methyl sites for hydroxylation is 1. The molecule has 5 aromatic rings. The van der Waals surface area contributed by atoms with Crippen LogP contribution in [0.25, 0.3) is 33.6 Å². The van der Waals surface area contributed by atoms with Gasteiger partial charge in [-0.2, -0.15) is 5.10 Å². The van der Waals surface area contributed by atoms with Gasteiger partial charge in [-0.05, 0) is 60.4 Å². The van der Waals surface area contributed by atoms with Gasteiger partial charge in [0.2, 0.25) is 5.91 Å². The number of pyridine rings is 2. The van der Waals surface area contributed by atoms with Crippen LogP contribution in [0.15, 0.2) is 84.4 Å². The van der Waals surface area contributed by atoms with Crippen LogP contribution in [0.5, 0.6) is 0 Å². The molecular formula is C31H28ClN7O2. The molecule has 0 radical (unpaired) electrons. The molecule has 1 aromatic carbocycles. The van der Waals surface area contributed by atoms with Gasteiger partial charge in [0.05, 0.1) is 41.3 Å². The van der Waals surface area contributed by atoms with Crippen LogP contribution >= 0.6 is 11.6 Å². The zero-order valence-corrected chi connectivity index (χ0v) is 23.4. The Morgan fingerprint density at radius 3 is 2.54 bits per heavy atom. The first kappa shape index (κ1) is 26.6. The number of rotatable bonds is 3. The Morgan fingerprint density at radius 2 is 1.73 bits per heavy atom. The van der Waals surface area contributed by atoms with Crippen LogP contribution in [-0.4, -0.2) is 35.2 Å².